The van der Waals surface area contributed by atoms with E-state index in [0.717, 1.165) is 36.8 Å². The molecule has 116 valence electrons. The van der Waals surface area contributed by atoms with Crippen molar-refractivity contribution in [3.8, 4) is 0 Å². The number of rotatable bonds is 3. The molecule has 0 saturated carbocycles. The van der Waals surface area contributed by atoms with Gasteiger partial charge in [0.2, 0.25) is 5.76 Å². The molecule has 5 heteroatoms. The molecule has 1 aliphatic rings. The second kappa shape index (κ2) is 5.83. The molecule has 3 heterocycles. The van der Waals surface area contributed by atoms with Crippen LogP contribution >= 0.6 is 0 Å². The Hall–Kier alpha value is -2.69. The van der Waals surface area contributed by atoms with Gasteiger partial charge in [0, 0.05) is 24.7 Å². The summed E-state index contributed by atoms with van der Waals surface area (Å²) >= 11 is 0. The van der Waals surface area contributed by atoms with E-state index in [4.69, 9.17) is 4.42 Å². The summed E-state index contributed by atoms with van der Waals surface area (Å²) in [4.78, 5) is 22.4. The van der Waals surface area contributed by atoms with E-state index >= 15 is 0 Å². The first-order valence-electron chi connectivity index (χ1n) is 7.81. The number of nitrogens with zero attached hydrogens (tertiary/aromatic N) is 3. The molecule has 1 aromatic carbocycles. The maximum absolute atomic E-state index is 12.3. The van der Waals surface area contributed by atoms with Crippen LogP contribution < -0.4 is 0 Å². The Bertz CT molecular complexity index is 829. The first kappa shape index (κ1) is 13.9. The van der Waals surface area contributed by atoms with Crippen molar-refractivity contribution in [3.63, 3.8) is 0 Å². The minimum Gasteiger partial charge on any atom is -0.438 e. The number of fused-ring (bicyclic) bond motifs is 1. The Kier molecular flexibility index (Phi) is 3.54. The number of para-hydroxylation sites is 1. The Balaban J connectivity index is 1.44. The fourth-order valence-electron chi connectivity index (χ4n) is 3.22. The Morgan fingerprint density at radius 3 is 3.09 bits per heavy atom. The third kappa shape index (κ3) is 2.82. The number of oxazole rings is 1. The minimum atomic E-state index is -0.0679. The van der Waals surface area contributed by atoms with E-state index in [2.05, 4.69) is 22.1 Å². The van der Waals surface area contributed by atoms with Crippen molar-refractivity contribution in [2.24, 2.45) is 5.92 Å². The monoisotopic (exact) mass is 307 g/mol. The molecule has 1 saturated heterocycles. The van der Waals surface area contributed by atoms with E-state index < -0.39 is 0 Å². The van der Waals surface area contributed by atoms with Gasteiger partial charge in [-0.2, -0.15) is 0 Å². The van der Waals surface area contributed by atoms with E-state index in [1.165, 1.54) is 18.2 Å². The number of hydrogen-bond acceptors (Lipinski definition) is 4. The van der Waals surface area contributed by atoms with Gasteiger partial charge in [-0.05, 0) is 36.5 Å². The van der Waals surface area contributed by atoms with E-state index in [0.29, 0.717) is 11.7 Å². The van der Waals surface area contributed by atoms with E-state index in [1.54, 1.807) is 0 Å². The van der Waals surface area contributed by atoms with Gasteiger partial charge in [0.15, 0.2) is 6.39 Å². The molecule has 0 bridgehead atoms. The molecule has 23 heavy (non-hydrogen) atoms. The van der Waals surface area contributed by atoms with Crippen LogP contribution in [0.3, 0.4) is 0 Å². The lowest BCUT2D eigenvalue weighted by atomic mass is 9.99. The summed E-state index contributed by atoms with van der Waals surface area (Å²) in [7, 11) is 0. The van der Waals surface area contributed by atoms with Gasteiger partial charge < -0.3 is 9.32 Å². The molecule has 1 fully saturated rings. The third-order valence-electron chi connectivity index (χ3n) is 4.39. The minimum absolute atomic E-state index is 0.0679. The smallest absolute Gasteiger partial charge is 0.291 e. The SMILES string of the molecule is O=C(c1cnco1)N1CCC(Cc2cnc3ccccc3c2)C1. The van der Waals surface area contributed by atoms with Crippen LogP contribution in [0.5, 0.6) is 0 Å². The van der Waals surface area contributed by atoms with E-state index in [-0.39, 0.29) is 5.91 Å². The first-order chi connectivity index (χ1) is 11.3. The molecular weight excluding hydrogens is 290 g/mol. The van der Waals surface area contributed by atoms with Gasteiger partial charge in [-0.3, -0.25) is 9.78 Å². The predicted octanol–water partition coefficient (Wildman–Crippen LogP) is 2.93. The molecule has 2 aromatic heterocycles. The number of benzene rings is 1. The van der Waals surface area contributed by atoms with Crippen molar-refractivity contribution in [2.75, 3.05) is 13.1 Å². The van der Waals surface area contributed by atoms with Crippen LogP contribution in [-0.2, 0) is 6.42 Å². The van der Waals surface area contributed by atoms with E-state index in [9.17, 15) is 4.79 Å². The molecule has 1 aliphatic heterocycles. The normalized spacial score (nSPS) is 17.7. The third-order valence-corrected chi connectivity index (χ3v) is 4.39. The maximum atomic E-state index is 12.3. The fraction of sp³-hybridized carbons (Fsp3) is 0.278. The van der Waals surface area contributed by atoms with Gasteiger partial charge in [0.25, 0.3) is 5.91 Å². The summed E-state index contributed by atoms with van der Waals surface area (Å²) in [6.45, 7) is 1.53. The van der Waals surface area contributed by atoms with Crippen LogP contribution in [0.15, 0.2) is 53.5 Å². The molecule has 1 unspecified atom stereocenters. The first-order valence-corrected chi connectivity index (χ1v) is 7.81. The molecule has 1 atom stereocenters. The highest BCUT2D eigenvalue weighted by Crippen LogP contribution is 2.23. The van der Waals surface area contributed by atoms with Gasteiger partial charge >= 0.3 is 0 Å². The van der Waals surface area contributed by atoms with Crippen molar-refractivity contribution >= 4 is 16.8 Å². The summed E-state index contributed by atoms with van der Waals surface area (Å²) in [6.07, 6.45) is 6.67. The van der Waals surface area contributed by atoms with Crippen LogP contribution in [0, 0.1) is 5.92 Å². The number of pyridine rings is 1. The summed E-state index contributed by atoms with van der Waals surface area (Å²) in [5, 5.41) is 1.16. The zero-order valence-corrected chi connectivity index (χ0v) is 12.7. The summed E-state index contributed by atoms with van der Waals surface area (Å²) in [6, 6.07) is 10.3. The zero-order valence-electron chi connectivity index (χ0n) is 12.7. The molecule has 0 N–H and O–H groups in total. The van der Waals surface area contributed by atoms with Crippen LogP contribution in [0.4, 0.5) is 0 Å². The standard InChI is InChI=1S/C18H17N3O2/c22-18(17-10-19-12-23-17)21-6-5-13(11-21)7-14-8-15-3-1-2-4-16(15)20-9-14/h1-4,8-10,12-13H,5-7,11H2. The molecule has 3 aromatic rings. The average Bonchev–Trinajstić information content (AvgIpc) is 3.26. The number of amides is 1. The highest BCUT2D eigenvalue weighted by atomic mass is 16.3. The number of carbonyl (C=O) groups excluding carboxylic acids is 1. The molecule has 0 spiro atoms. The number of aromatic nitrogens is 2. The lowest BCUT2D eigenvalue weighted by molar-refractivity contribution is 0.0755. The number of likely N-dealkylation sites (tertiary alicyclic amines) is 1. The highest BCUT2D eigenvalue weighted by molar-refractivity contribution is 5.91. The Morgan fingerprint density at radius 1 is 1.30 bits per heavy atom. The average molecular weight is 307 g/mol. The van der Waals surface area contributed by atoms with Gasteiger partial charge in [-0.15, -0.1) is 0 Å². The summed E-state index contributed by atoms with van der Waals surface area (Å²) < 4.78 is 5.10. The van der Waals surface area contributed by atoms with Crippen molar-refractivity contribution in [1.82, 2.24) is 14.9 Å². The molecule has 0 aliphatic carbocycles. The summed E-state index contributed by atoms with van der Waals surface area (Å²) in [5.74, 6) is 0.712. The molecule has 1 amide bonds. The highest BCUT2D eigenvalue weighted by Gasteiger charge is 2.28. The lowest BCUT2D eigenvalue weighted by Crippen LogP contribution is -2.28. The van der Waals surface area contributed by atoms with Crippen LogP contribution in [0.25, 0.3) is 10.9 Å². The largest absolute Gasteiger partial charge is 0.438 e. The van der Waals surface area contributed by atoms with Crippen LogP contribution in [0.1, 0.15) is 22.5 Å². The fourth-order valence-corrected chi connectivity index (χ4v) is 3.22. The topological polar surface area (TPSA) is 59.2 Å². The van der Waals surface area contributed by atoms with Crippen molar-refractivity contribution < 1.29 is 9.21 Å². The van der Waals surface area contributed by atoms with Gasteiger partial charge in [-0.1, -0.05) is 18.2 Å². The van der Waals surface area contributed by atoms with Gasteiger partial charge in [0.05, 0.1) is 11.7 Å². The molecule has 5 nitrogen and oxygen atoms in total. The van der Waals surface area contributed by atoms with Crippen molar-refractivity contribution in [2.45, 2.75) is 12.8 Å². The number of carbonyl (C=O) groups is 1. The van der Waals surface area contributed by atoms with Crippen molar-refractivity contribution in [1.29, 1.82) is 0 Å². The van der Waals surface area contributed by atoms with Gasteiger partial charge in [-0.25, -0.2) is 4.98 Å². The zero-order chi connectivity index (χ0) is 15.6. The van der Waals surface area contributed by atoms with Crippen LogP contribution in [-0.4, -0.2) is 33.9 Å². The Labute approximate surface area is 134 Å². The quantitative estimate of drug-likeness (QED) is 0.746. The predicted molar refractivity (Wildman–Crippen MR) is 86.0 cm³/mol. The molecular formula is C18H17N3O2. The molecule has 4 rings (SSSR count). The van der Waals surface area contributed by atoms with E-state index in [1.807, 2.05) is 29.3 Å². The molecule has 0 radical (unpaired) electrons. The summed E-state index contributed by atoms with van der Waals surface area (Å²) in [5.41, 5.74) is 2.24. The second-order valence-electron chi connectivity index (χ2n) is 6.01. The van der Waals surface area contributed by atoms with Crippen molar-refractivity contribution in [3.05, 3.63) is 60.4 Å². The lowest BCUT2D eigenvalue weighted by Gasteiger charge is -2.15. The maximum Gasteiger partial charge on any atom is 0.291 e. The number of hydrogen-bond donors (Lipinski definition) is 0. The van der Waals surface area contributed by atoms with Gasteiger partial charge in [0.1, 0.15) is 0 Å². The van der Waals surface area contributed by atoms with Crippen LogP contribution in [0.2, 0.25) is 0 Å². The second-order valence-corrected chi connectivity index (χ2v) is 6.01. The Morgan fingerprint density at radius 2 is 2.22 bits per heavy atom.